The van der Waals surface area contributed by atoms with Crippen molar-refractivity contribution < 1.29 is 8.42 Å². The predicted molar refractivity (Wildman–Crippen MR) is 88.3 cm³/mol. The van der Waals surface area contributed by atoms with Gasteiger partial charge in [0.25, 0.3) is 10.0 Å². The van der Waals surface area contributed by atoms with Crippen LogP contribution >= 0.6 is 11.3 Å². The monoisotopic (exact) mass is 324 g/mol. The maximum atomic E-state index is 12.4. The fourth-order valence-electron chi connectivity index (χ4n) is 1.92. The van der Waals surface area contributed by atoms with Crippen molar-refractivity contribution in [3.63, 3.8) is 0 Å². The molecular weight excluding hydrogens is 304 g/mol. The fraction of sp³-hybridized carbons (Fsp3) is 0.333. The van der Waals surface area contributed by atoms with Crippen LogP contribution in [-0.4, -0.2) is 15.0 Å². The SMILES string of the molecule is CCNCc1csc(S(=O)(=O)Nc2cccc(CC)c2)c1. The summed E-state index contributed by atoms with van der Waals surface area (Å²) in [6.45, 7) is 5.61. The fourth-order valence-corrected chi connectivity index (χ4v) is 4.18. The molecule has 0 atom stereocenters. The van der Waals surface area contributed by atoms with Gasteiger partial charge in [0.1, 0.15) is 4.21 Å². The summed E-state index contributed by atoms with van der Waals surface area (Å²) < 4.78 is 27.7. The number of rotatable bonds is 7. The molecule has 6 heteroatoms. The molecule has 0 radical (unpaired) electrons. The molecule has 21 heavy (non-hydrogen) atoms. The van der Waals surface area contributed by atoms with Crippen molar-refractivity contribution in [3.05, 3.63) is 46.8 Å². The molecule has 0 saturated heterocycles. The van der Waals surface area contributed by atoms with Crippen LogP contribution in [-0.2, 0) is 23.0 Å². The molecule has 2 N–H and O–H groups in total. The van der Waals surface area contributed by atoms with Crippen LogP contribution in [0, 0.1) is 0 Å². The second-order valence-corrected chi connectivity index (χ2v) is 7.53. The Kier molecular flexibility index (Phi) is 5.39. The van der Waals surface area contributed by atoms with Gasteiger partial charge in [-0.3, -0.25) is 4.72 Å². The number of thiophene rings is 1. The molecule has 0 amide bonds. The quantitative estimate of drug-likeness (QED) is 0.822. The molecular formula is C15H20N2O2S2. The molecule has 0 unspecified atom stereocenters. The minimum absolute atomic E-state index is 0.345. The molecule has 1 aromatic carbocycles. The topological polar surface area (TPSA) is 58.2 Å². The Morgan fingerprint density at radius 1 is 1.14 bits per heavy atom. The van der Waals surface area contributed by atoms with Crippen molar-refractivity contribution in [3.8, 4) is 0 Å². The van der Waals surface area contributed by atoms with Crippen LogP contribution in [0.4, 0.5) is 5.69 Å². The summed E-state index contributed by atoms with van der Waals surface area (Å²) in [5.74, 6) is 0. The molecule has 0 aliphatic heterocycles. The second kappa shape index (κ2) is 7.06. The molecule has 0 bridgehead atoms. The van der Waals surface area contributed by atoms with Gasteiger partial charge in [-0.05, 0) is 47.7 Å². The molecule has 0 fully saturated rings. The highest BCUT2D eigenvalue weighted by molar-refractivity contribution is 7.94. The van der Waals surface area contributed by atoms with Gasteiger partial charge in [0.2, 0.25) is 0 Å². The van der Waals surface area contributed by atoms with Crippen LogP contribution in [0.5, 0.6) is 0 Å². The lowest BCUT2D eigenvalue weighted by atomic mass is 10.1. The molecule has 0 spiro atoms. The van der Waals surface area contributed by atoms with Gasteiger partial charge in [-0.15, -0.1) is 11.3 Å². The van der Waals surface area contributed by atoms with Crippen molar-refractivity contribution in [2.45, 2.75) is 31.0 Å². The highest BCUT2D eigenvalue weighted by Gasteiger charge is 2.17. The number of aryl methyl sites for hydroxylation is 1. The zero-order chi connectivity index (χ0) is 15.3. The summed E-state index contributed by atoms with van der Waals surface area (Å²) in [7, 11) is -3.50. The summed E-state index contributed by atoms with van der Waals surface area (Å²) in [4.78, 5) is 0. The van der Waals surface area contributed by atoms with E-state index in [0.29, 0.717) is 16.4 Å². The minimum Gasteiger partial charge on any atom is -0.313 e. The number of anilines is 1. The van der Waals surface area contributed by atoms with Gasteiger partial charge in [0.05, 0.1) is 0 Å². The van der Waals surface area contributed by atoms with Crippen molar-refractivity contribution >= 4 is 27.0 Å². The van der Waals surface area contributed by atoms with Gasteiger partial charge < -0.3 is 5.32 Å². The maximum absolute atomic E-state index is 12.4. The number of hydrogen-bond acceptors (Lipinski definition) is 4. The lowest BCUT2D eigenvalue weighted by molar-refractivity contribution is 0.603. The van der Waals surface area contributed by atoms with E-state index in [-0.39, 0.29) is 0 Å². The number of sulfonamides is 1. The standard InChI is InChI=1S/C15H20N2O2S2/c1-3-12-6-5-7-14(8-12)17-21(18,19)15-9-13(11-20-15)10-16-4-2/h5-9,11,16-17H,3-4,10H2,1-2H3. The van der Waals surface area contributed by atoms with Crippen LogP contribution in [0.2, 0.25) is 0 Å². The van der Waals surface area contributed by atoms with Crippen LogP contribution in [0.1, 0.15) is 25.0 Å². The smallest absolute Gasteiger partial charge is 0.271 e. The first-order valence-electron chi connectivity index (χ1n) is 6.95. The average molecular weight is 324 g/mol. The Morgan fingerprint density at radius 2 is 1.95 bits per heavy atom. The minimum atomic E-state index is -3.50. The Hall–Kier alpha value is -1.37. The van der Waals surface area contributed by atoms with E-state index >= 15 is 0 Å². The first-order chi connectivity index (χ1) is 10.0. The first-order valence-corrected chi connectivity index (χ1v) is 9.31. The van der Waals surface area contributed by atoms with E-state index in [1.165, 1.54) is 11.3 Å². The van der Waals surface area contributed by atoms with E-state index in [4.69, 9.17) is 0 Å². The normalized spacial score (nSPS) is 11.5. The summed E-state index contributed by atoms with van der Waals surface area (Å²) >= 11 is 1.25. The van der Waals surface area contributed by atoms with Crippen LogP contribution < -0.4 is 10.0 Å². The highest BCUT2D eigenvalue weighted by atomic mass is 32.2. The summed E-state index contributed by atoms with van der Waals surface area (Å²) in [5.41, 5.74) is 2.70. The van der Waals surface area contributed by atoms with Gasteiger partial charge in [0, 0.05) is 12.2 Å². The number of nitrogens with one attached hydrogen (secondary N) is 2. The van der Waals surface area contributed by atoms with Crippen molar-refractivity contribution in [2.24, 2.45) is 0 Å². The third kappa shape index (κ3) is 4.30. The molecule has 2 aromatic rings. The molecule has 114 valence electrons. The predicted octanol–water partition coefficient (Wildman–Crippen LogP) is 3.22. The summed E-state index contributed by atoms with van der Waals surface area (Å²) in [6.07, 6.45) is 0.876. The van der Waals surface area contributed by atoms with E-state index < -0.39 is 10.0 Å². The van der Waals surface area contributed by atoms with E-state index in [9.17, 15) is 8.42 Å². The second-order valence-electron chi connectivity index (χ2n) is 4.71. The third-order valence-electron chi connectivity index (χ3n) is 3.06. The largest absolute Gasteiger partial charge is 0.313 e. The molecule has 0 aliphatic rings. The molecule has 1 aromatic heterocycles. The maximum Gasteiger partial charge on any atom is 0.271 e. The van der Waals surface area contributed by atoms with E-state index in [2.05, 4.69) is 10.0 Å². The Labute approximate surface area is 130 Å². The van der Waals surface area contributed by atoms with Crippen molar-refractivity contribution in [2.75, 3.05) is 11.3 Å². The molecule has 2 rings (SSSR count). The van der Waals surface area contributed by atoms with Crippen LogP contribution in [0.3, 0.4) is 0 Å². The lowest BCUT2D eigenvalue weighted by Crippen LogP contribution is -2.12. The van der Waals surface area contributed by atoms with Crippen molar-refractivity contribution in [1.82, 2.24) is 5.32 Å². The van der Waals surface area contributed by atoms with Crippen molar-refractivity contribution in [1.29, 1.82) is 0 Å². The van der Waals surface area contributed by atoms with Gasteiger partial charge in [-0.25, -0.2) is 8.42 Å². The number of hydrogen-bond donors (Lipinski definition) is 2. The zero-order valence-corrected chi connectivity index (χ0v) is 13.9. The van der Waals surface area contributed by atoms with E-state index in [1.54, 1.807) is 12.1 Å². The van der Waals surface area contributed by atoms with Gasteiger partial charge in [0.15, 0.2) is 0 Å². The Morgan fingerprint density at radius 3 is 2.67 bits per heavy atom. The Balaban J connectivity index is 2.15. The molecule has 1 heterocycles. The summed E-state index contributed by atoms with van der Waals surface area (Å²) in [5, 5.41) is 5.06. The van der Waals surface area contributed by atoms with Gasteiger partial charge in [-0.1, -0.05) is 26.0 Å². The Bertz CT molecular complexity index is 693. The molecule has 0 aliphatic carbocycles. The van der Waals surface area contributed by atoms with E-state index in [1.807, 2.05) is 37.4 Å². The van der Waals surface area contributed by atoms with Crippen LogP contribution in [0.15, 0.2) is 39.9 Å². The third-order valence-corrected chi connectivity index (χ3v) is 5.93. The van der Waals surface area contributed by atoms with Gasteiger partial charge in [-0.2, -0.15) is 0 Å². The van der Waals surface area contributed by atoms with Gasteiger partial charge >= 0.3 is 0 Å². The number of benzene rings is 1. The van der Waals surface area contributed by atoms with E-state index in [0.717, 1.165) is 24.1 Å². The van der Waals surface area contributed by atoms with Crippen LogP contribution in [0.25, 0.3) is 0 Å². The first kappa shape index (κ1) is 16.0. The molecule has 4 nitrogen and oxygen atoms in total. The molecule has 0 saturated carbocycles. The summed E-state index contributed by atoms with van der Waals surface area (Å²) in [6, 6.07) is 9.20. The highest BCUT2D eigenvalue weighted by Crippen LogP contribution is 2.23. The average Bonchev–Trinajstić information content (AvgIpc) is 2.94. The lowest BCUT2D eigenvalue weighted by Gasteiger charge is -2.07. The zero-order valence-electron chi connectivity index (χ0n) is 12.2.